The first-order chi connectivity index (χ1) is 9.22. The van der Waals surface area contributed by atoms with Crippen LogP contribution >= 0.6 is 0 Å². The maximum atomic E-state index is 8.61. The van der Waals surface area contributed by atoms with E-state index in [2.05, 4.69) is 12.1 Å². The van der Waals surface area contributed by atoms with E-state index in [4.69, 9.17) is 15.7 Å². The molecule has 0 heterocycles. The summed E-state index contributed by atoms with van der Waals surface area (Å²) in [5.41, 5.74) is 6.22. The van der Waals surface area contributed by atoms with Gasteiger partial charge in [-0.25, -0.2) is 0 Å². The highest BCUT2D eigenvalue weighted by molar-refractivity contribution is 5.97. The summed E-state index contributed by atoms with van der Waals surface area (Å²) in [4.78, 5) is 0. The predicted molar refractivity (Wildman–Crippen MR) is 75.6 cm³/mol. The van der Waals surface area contributed by atoms with Crippen LogP contribution in [0.4, 0.5) is 0 Å². The lowest BCUT2D eigenvalue weighted by Gasteiger charge is -2.29. The number of benzene rings is 1. The molecule has 0 aromatic heterocycles. The molecule has 1 fully saturated rings. The number of rotatable bonds is 4. The summed E-state index contributed by atoms with van der Waals surface area (Å²) in [5.74, 6) is 1.78. The number of hydrogen-bond acceptors (Lipinski definition) is 3. The van der Waals surface area contributed by atoms with Gasteiger partial charge in [0.1, 0.15) is 5.75 Å². The van der Waals surface area contributed by atoms with Gasteiger partial charge in [-0.1, -0.05) is 24.9 Å². The fourth-order valence-electron chi connectivity index (χ4n) is 2.67. The van der Waals surface area contributed by atoms with Crippen LogP contribution in [0.5, 0.6) is 5.75 Å². The quantitative estimate of drug-likeness (QED) is 0.379. The second-order valence-corrected chi connectivity index (χ2v) is 5.19. The van der Waals surface area contributed by atoms with Gasteiger partial charge < -0.3 is 15.7 Å². The smallest absolute Gasteiger partial charge is 0.170 e. The monoisotopic (exact) mass is 262 g/mol. The minimum Gasteiger partial charge on any atom is -0.490 e. The summed E-state index contributed by atoms with van der Waals surface area (Å²) in [6.45, 7) is 2.25. The molecule has 2 atom stereocenters. The van der Waals surface area contributed by atoms with Crippen LogP contribution in [-0.4, -0.2) is 17.1 Å². The van der Waals surface area contributed by atoms with Gasteiger partial charge in [-0.3, -0.25) is 0 Å². The Morgan fingerprint density at radius 2 is 2.11 bits per heavy atom. The van der Waals surface area contributed by atoms with Gasteiger partial charge in [-0.2, -0.15) is 0 Å². The normalized spacial score (nSPS) is 24.2. The number of ether oxygens (including phenoxy) is 1. The summed E-state index contributed by atoms with van der Waals surface area (Å²) >= 11 is 0. The standard InChI is InChI=1S/C15H22N2O2/c1-2-11-4-3-5-14(10-11)19-13-8-6-12(7-9-13)15(16)17-18/h6-9,11,14,18H,2-5,10H2,1H3,(H2,16,17). The van der Waals surface area contributed by atoms with Crippen LogP contribution in [0, 0.1) is 5.92 Å². The van der Waals surface area contributed by atoms with E-state index >= 15 is 0 Å². The van der Waals surface area contributed by atoms with Crippen LogP contribution in [0.25, 0.3) is 0 Å². The molecular weight excluding hydrogens is 240 g/mol. The molecular formula is C15H22N2O2. The van der Waals surface area contributed by atoms with Crippen LogP contribution in [0.15, 0.2) is 29.4 Å². The van der Waals surface area contributed by atoms with Crippen molar-refractivity contribution in [1.29, 1.82) is 0 Å². The number of nitrogens with two attached hydrogens (primary N) is 1. The molecule has 1 saturated carbocycles. The van der Waals surface area contributed by atoms with Crippen molar-refractivity contribution in [2.75, 3.05) is 0 Å². The van der Waals surface area contributed by atoms with Crippen LogP contribution in [-0.2, 0) is 0 Å². The predicted octanol–water partition coefficient (Wildman–Crippen LogP) is 3.13. The fourth-order valence-corrected chi connectivity index (χ4v) is 2.67. The minimum absolute atomic E-state index is 0.121. The minimum atomic E-state index is 0.121. The lowest BCUT2D eigenvalue weighted by Crippen LogP contribution is -2.25. The van der Waals surface area contributed by atoms with Gasteiger partial charge in [0.2, 0.25) is 0 Å². The van der Waals surface area contributed by atoms with Gasteiger partial charge in [-0.15, -0.1) is 0 Å². The van der Waals surface area contributed by atoms with Crippen LogP contribution in [0.3, 0.4) is 0 Å². The Morgan fingerprint density at radius 1 is 1.37 bits per heavy atom. The first-order valence-electron chi connectivity index (χ1n) is 6.97. The highest BCUT2D eigenvalue weighted by atomic mass is 16.5. The molecule has 19 heavy (non-hydrogen) atoms. The molecule has 0 radical (unpaired) electrons. The molecule has 1 aliphatic rings. The third kappa shape index (κ3) is 3.63. The third-order valence-electron chi connectivity index (χ3n) is 3.87. The maximum absolute atomic E-state index is 8.61. The van der Waals surface area contributed by atoms with Crippen molar-refractivity contribution in [3.63, 3.8) is 0 Å². The second-order valence-electron chi connectivity index (χ2n) is 5.19. The van der Waals surface area contributed by atoms with Crippen LogP contribution in [0.1, 0.15) is 44.6 Å². The summed E-state index contributed by atoms with van der Waals surface area (Å²) in [7, 11) is 0. The van der Waals surface area contributed by atoms with Gasteiger partial charge >= 0.3 is 0 Å². The molecule has 2 rings (SSSR count). The van der Waals surface area contributed by atoms with Gasteiger partial charge in [0, 0.05) is 5.56 Å². The summed E-state index contributed by atoms with van der Waals surface area (Å²) in [6, 6.07) is 7.38. The third-order valence-corrected chi connectivity index (χ3v) is 3.87. The molecule has 1 aromatic carbocycles. The summed E-state index contributed by atoms with van der Waals surface area (Å²) < 4.78 is 6.01. The zero-order valence-corrected chi connectivity index (χ0v) is 11.4. The van der Waals surface area contributed by atoms with E-state index in [9.17, 15) is 0 Å². The first-order valence-corrected chi connectivity index (χ1v) is 6.97. The summed E-state index contributed by atoms with van der Waals surface area (Å²) in [6.07, 6.45) is 6.44. The Morgan fingerprint density at radius 3 is 2.74 bits per heavy atom. The highest BCUT2D eigenvalue weighted by Gasteiger charge is 2.21. The molecule has 4 heteroatoms. The van der Waals surface area contributed by atoms with Crippen molar-refractivity contribution < 1.29 is 9.94 Å². The van der Waals surface area contributed by atoms with Crippen LogP contribution < -0.4 is 10.5 Å². The average Bonchev–Trinajstić information content (AvgIpc) is 2.47. The lowest BCUT2D eigenvalue weighted by molar-refractivity contribution is 0.122. The Hall–Kier alpha value is -1.71. The molecule has 0 bridgehead atoms. The molecule has 0 spiro atoms. The topological polar surface area (TPSA) is 67.8 Å². The highest BCUT2D eigenvalue weighted by Crippen LogP contribution is 2.29. The first kappa shape index (κ1) is 13.7. The Bertz CT molecular complexity index is 428. The van der Waals surface area contributed by atoms with Gasteiger partial charge in [-0.05, 0) is 49.4 Å². The van der Waals surface area contributed by atoms with Gasteiger partial charge in [0.25, 0.3) is 0 Å². The molecule has 4 nitrogen and oxygen atoms in total. The second kappa shape index (κ2) is 6.45. The van der Waals surface area contributed by atoms with Crippen molar-refractivity contribution in [3.8, 4) is 5.75 Å². The van der Waals surface area contributed by atoms with E-state index in [1.54, 1.807) is 0 Å². The number of hydrogen-bond donors (Lipinski definition) is 2. The van der Waals surface area contributed by atoms with Gasteiger partial charge in [0.15, 0.2) is 5.84 Å². The van der Waals surface area contributed by atoms with E-state index < -0.39 is 0 Å². The molecule has 2 unspecified atom stereocenters. The Kier molecular flexibility index (Phi) is 4.66. The maximum Gasteiger partial charge on any atom is 0.170 e. The fraction of sp³-hybridized carbons (Fsp3) is 0.533. The van der Waals surface area contributed by atoms with Crippen molar-refractivity contribution in [3.05, 3.63) is 29.8 Å². The van der Waals surface area contributed by atoms with Crippen molar-refractivity contribution in [2.24, 2.45) is 16.8 Å². The van der Waals surface area contributed by atoms with E-state index in [-0.39, 0.29) is 5.84 Å². The molecule has 0 aliphatic heterocycles. The molecule has 0 saturated heterocycles. The van der Waals surface area contributed by atoms with E-state index in [0.29, 0.717) is 11.7 Å². The van der Waals surface area contributed by atoms with Crippen molar-refractivity contribution >= 4 is 5.84 Å². The van der Waals surface area contributed by atoms with Crippen molar-refractivity contribution in [2.45, 2.75) is 45.1 Å². The number of amidine groups is 1. The number of nitrogens with zero attached hydrogens (tertiary/aromatic N) is 1. The summed E-state index contributed by atoms with van der Waals surface area (Å²) in [5, 5.41) is 11.6. The Labute approximate surface area is 114 Å². The van der Waals surface area contributed by atoms with E-state index in [1.807, 2.05) is 24.3 Å². The van der Waals surface area contributed by atoms with Gasteiger partial charge in [0.05, 0.1) is 6.10 Å². The van der Waals surface area contributed by atoms with Crippen molar-refractivity contribution in [1.82, 2.24) is 0 Å². The van der Waals surface area contributed by atoms with E-state index in [0.717, 1.165) is 24.5 Å². The largest absolute Gasteiger partial charge is 0.490 e. The SMILES string of the molecule is CCC1CCCC(Oc2ccc(C(N)=NO)cc2)C1. The molecule has 0 amide bonds. The average molecular weight is 262 g/mol. The lowest BCUT2D eigenvalue weighted by atomic mass is 9.85. The molecule has 3 N–H and O–H groups in total. The molecule has 1 aromatic rings. The molecule has 104 valence electrons. The zero-order chi connectivity index (χ0) is 13.7. The number of oxime groups is 1. The van der Waals surface area contributed by atoms with E-state index in [1.165, 1.54) is 19.3 Å². The Balaban J connectivity index is 1.96. The zero-order valence-electron chi connectivity index (χ0n) is 11.4. The van der Waals surface area contributed by atoms with Crippen LogP contribution in [0.2, 0.25) is 0 Å². The molecule has 1 aliphatic carbocycles.